The van der Waals surface area contributed by atoms with Gasteiger partial charge in [-0.25, -0.2) is 0 Å². The lowest BCUT2D eigenvalue weighted by Gasteiger charge is -2.41. The largest absolute Gasteiger partial charge is 0.513 e. The average Bonchev–Trinajstić information content (AvgIpc) is 2.85. The first-order valence-electron chi connectivity index (χ1n) is 8.09. The topological polar surface area (TPSA) is 47.9 Å². The van der Waals surface area contributed by atoms with E-state index in [4.69, 9.17) is 14.0 Å². The number of aliphatic hydroxyl groups excluding tert-OH is 1. The fourth-order valence-electron chi connectivity index (χ4n) is 3.54. The third-order valence-corrected chi connectivity index (χ3v) is 6.40. The number of hydrogen-bond acceptors (Lipinski definition) is 4. The lowest BCUT2D eigenvalue weighted by molar-refractivity contribution is -0.156. The minimum atomic E-state index is -0.146. The van der Waals surface area contributed by atoms with E-state index < -0.39 is 0 Å². The summed E-state index contributed by atoms with van der Waals surface area (Å²) in [5.74, 6) is 0.345. The van der Waals surface area contributed by atoms with Gasteiger partial charge in [-0.15, -0.1) is 0 Å². The fraction of sp³-hybridized carbons (Fsp3) is 0.875. The number of ether oxygens (including phenoxy) is 2. The first-order valence-corrected chi connectivity index (χ1v) is 10.1. The van der Waals surface area contributed by atoms with Crippen LogP contribution in [0.5, 0.6) is 0 Å². The average molecular weight is 442 g/mol. The number of fused-ring (bicyclic) bond motifs is 1. The van der Waals surface area contributed by atoms with Crippen molar-refractivity contribution in [1.29, 1.82) is 0 Å². The van der Waals surface area contributed by atoms with Gasteiger partial charge in [0.1, 0.15) is 5.60 Å². The van der Waals surface area contributed by atoms with Crippen LogP contribution in [0.4, 0.5) is 0 Å². The molecule has 0 radical (unpaired) electrons. The molecule has 4 nitrogen and oxygen atoms in total. The van der Waals surface area contributed by atoms with E-state index in [9.17, 15) is 5.11 Å². The smallest absolute Gasteiger partial charge is 0.106 e. The number of aliphatic hydroxyl groups is 1. The van der Waals surface area contributed by atoms with Crippen molar-refractivity contribution in [2.75, 3.05) is 11.0 Å². The zero-order valence-corrected chi connectivity index (χ0v) is 16.6. The molecule has 0 spiro atoms. The minimum Gasteiger partial charge on any atom is -0.513 e. The maximum atomic E-state index is 9.53. The lowest BCUT2D eigenvalue weighted by Crippen LogP contribution is -2.50. The lowest BCUT2D eigenvalue weighted by atomic mass is 9.86. The molecular weight excluding hydrogens is 414 g/mol. The Kier molecular flexibility index (Phi) is 7.40. The molecule has 22 heavy (non-hydrogen) atoms. The Morgan fingerprint density at radius 2 is 2.27 bits per heavy atom. The second kappa shape index (κ2) is 8.61. The van der Waals surface area contributed by atoms with Crippen LogP contribution in [0.3, 0.4) is 0 Å². The summed E-state index contributed by atoms with van der Waals surface area (Å²) in [5.41, 5.74) is -0.146. The zero-order chi connectivity index (χ0) is 16.2. The van der Waals surface area contributed by atoms with Crippen LogP contribution in [-0.4, -0.2) is 40.1 Å². The molecule has 2 unspecified atom stereocenters. The van der Waals surface area contributed by atoms with Crippen molar-refractivity contribution in [3.63, 3.8) is 0 Å². The van der Waals surface area contributed by atoms with Crippen LogP contribution in [0.2, 0.25) is 0 Å². The number of allylic oxidation sites excluding steroid dienone is 1. The minimum absolute atomic E-state index is 0.0881. The first kappa shape index (κ1) is 18.9. The molecule has 6 atom stereocenters. The molecular formula is C16H28IO4P. The van der Waals surface area contributed by atoms with Crippen molar-refractivity contribution in [1.82, 2.24) is 0 Å². The fourth-order valence-corrected chi connectivity index (χ4v) is 4.69. The Hall–Kier alpha value is 0.580. The van der Waals surface area contributed by atoms with Gasteiger partial charge in [-0.1, -0.05) is 36.1 Å². The molecule has 2 aliphatic rings. The van der Waals surface area contributed by atoms with Gasteiger partial charge in [-0.05, 0) is 32.1 Å². The van der Waals surface area contributed by atoms with Crippen molar-refractivity contribution in [3.05, 3.63) is 12.3 Å². The SMILES string of the molecule is C=C(O)C(C)C[C@H]1CC[C@@H]2O[C@@H](CCCOP)C[C@]2(CI)O1. The van der Waals surface area contributed by atoms with E-state index >= 15 is 0 Å². The second-order valence-corrected chi connectivity index (χ2v) is 7.70. The molecule has 128 valence electrons. The van der Waals surface area contributed by atoms with E-state index in [1.165, 1.54) is 0 Å². The van der Waals surface area contributed by atoms with E-state index in [0.717, 1.165) is 49.6 Å². The quantitative estimate of drug-likeness (QED) is 0.202. The van der Waals surface area contributed by atoms with Crippen LogP contribution < -0.4 is 0 Å². The molecule has 6 heteroatoms. The second-order valence-electron chi connectivity index (χ2n) is 6.61. The molecule has 2 saturated heterocycles. The summed E-state index contributed by atoms with van der Waals surface area (Å²) >= 11 is 2.43. The third-order valence-electron chi connectivity index (χ3n) is 4.87. The van der Waals surface area contributed by atoms with E-state index in [1.54, 1.807) is 0 Å². The molecule has 0 saturated carbocycles. The highest BCUT2D eigenvalue weighted by atomic mass is 127. The Morgan fingerprint density at radius 1 is 1.50 bits per heavy atom. The monoisotopic (exact) mass is 442 g/mol. The van der Waals surface area contributed by atoms with E-state index in [1.807, 2.05) is 6.92 Å². The summed E-state index contributed by atoms with van der Waals surface area (Å²) in [7, 11) is 2.30. The van der Waals surface area contributed by atoms with Gasteiger partial charge in [-0.2, -0.15) is 0 Å². The summed E-state index contributed by atoms with van der Waals surface area (Å²) in [6.45, 7) is 6.40. The molecule has 2 fully saturated rings. The molecule has 2 aliphatic heterocycles. The van der Waals surface area contributed by atoms with E-state index in [0.29, 0.717) is 0 Å². The number of rotatable bonds is 8. The predicted octanol–water partition coefficient (Wildman–Crippen LogP) is 4.18. The van der Waals surface area contributed by atoms with Crippen molar-refractivity contribution >= 4 is 32.1 Å². The van der Waals surface area contributed by atoms with Crippen LogP contribution in [-0.2, 0) is 14.0 Å². The molecule has 0 amide bonds. The van der Waals surface area contributed by atoms with Crippen molar-refractivity contribution in [2.24, 2.45) is 5.92 Å². The highest BCUT2D eigenvalue weighted by Crippen LogP contribution is 2.45. The highest BCUT2D eigenvalue weighted by molar-refractivity contribution is 14.1. The van der Waals surface area contributed by atoms with Gasteiger partial charge in [0, 0.05) is 26.2 Å². The van der Waals surface area contributed by atoms with E-state index in [2.05, 4.69) is 38.6 Å². The Morgan fingerprint density at radius 3 is 2.91 bits per heavy atom. The predicted molar refractivity (Wildman–Crippen MR) is 99.4 cm³/mol. The number of alkyl halides is 1. The molecule has 2 rings (SSSR count). The van der Waals surface area contributed by atoms with Crippen molar-refractivity contribution in [2.45, 2.75) is 69.4 Å². The maximum Gasteiger partial charge on any atom is 0.106 e. The van der Waals surface area contributed by atoms with Gasteiger partial charge in [-0.3, -0.25) is 0 Å². The standard InChI is InChI=1S/C16H28IO4P/c1-11(12(2)18)8-13-5-6-15-16(10-17,21-13)9-14(20-15)4-3-7-19-22/h11,13-15,18H,2-10,22H2,1H3/t11?,13-,14+,15+,16-/m1/s1. The van der Waals surface area contributed by atoms with Gasteiger partial charge in [0.15, 0.2) is 0 Å². The maximum absolute atomic E-state index is 9.53. The summed E-state index contributed by atoms with van der Waals surface area (Å²) < 4.78 is 18.7. The molecule has 0 aromatic rings. The molecule has 0 bridgehead atoms. The van der Waals surface area contributed by atoms with E-state index in [-0.39, 0.29) is 35.6 Å². The van der Waals surface area contributed by atoms with Gasteiger partial charge < -0.3 is 19.1 Å². The Labute approximate surface area is 149 Å². The van der Waals surface area contributed by atoms with Gasteiger partial charge in [0.2, 0.25) is 0 Å². The first-order chi connectivity index (χ1) is 10.5. The highest BCUT2D eigenvalue weighted by Gasteiger charge is 2.52. The van der Waals surface area contributed by atoms with Crippen LogP contribution in [0, 0.1) is 5.92 Å². The summed E-state index contributed by atoms with van der Waals surface area (Å²) in [6, 6.07) is 0. The number of hydrogen-bond donors (Lipinski definition) is 1. The third kappa shape index (κ3) is 4.56. The Balaban J connectivity index is 1.92. The van der Waals surface area contributed by atoms with Crippen molar-refractivity contribution < 1.29 is 19.1 Å². The summed E-state index contributed by atoms with van der Waals surface area (Å²) in [5, 5.41) is 9.53. The summed E-state index contributed by atoms with van der Waals surface area (Å²) in [4.78, 5) is 0. The van der Waals surface area contributed by atoms with Gasteiger partial charge in [0.25, 0.3) is 0 Å². The van der Waals surface area contributed by atoms with Crippen LogP contribution in [0.1, 0.15) is 45.4 Å². The number of halogens is 1. The van der Waals surface area contributed by atoms with Crippen LogP contribution >= 0.6 is 32.1 Å². The Bertz CT molecular complexity index is 381. The van der Waals surface area contributed by atoms with Crippen LogP contribution in [0.15, 0.2) is 12.3 Å². The summed E-state index contributed by atoms with van der Waals surface area (Å²) in [6.07, 6.45) is 6.61. The molecule has 0 aromatic heterocycles. The molecule has 2 heterocycles. The van der Waals surface area contributed by atoms with Crippen molar-refractivity contribution in [3.8, 4) is 0 Å². The molecule has 0 aromatic carbocycles. The van der Waals surface area contributed by atoms with Crippen LogP contribution in [0.25, 0.3) is 0 Å². The molecule has 0 aliphatic carbocycles. The normalized spacial score (nSPS) is 36.0. The zero-order valence-electron chi connectivity index (χ0n) is 13.3. The van der Waals surface area contributed by atoms with Gasteiger partial charge >= 0.3 is 0 Å². The molecule has 1 N–H and O–H groups in total. The van der Waals surface area contributed by atoms with Gasteiger partial charge in [0.05, 0.1) is 30.7 Å².